The van der Waals surface area contributed by atoms with Crippen LogP contribution >= 0.6 is 24.8 Å². The molecule has 0 saturated heterocycles. The number of thiocarbonyl (C=S) groups is 1. The smallest absolute Gasteiger partial charge is 0.163 e. The second-order valence-electron chi connectivity index (χ2n) is 6.59. The van der Waals surface area contributed by atoms with Crippen LogP contribution in [-0.2, 0) is 0 Å². The highest BCUT2D eigenvalue weighted by molar-refractivity contribution is 7.80. The van der Waals surface area contributed by atoms with E-state index in [1.54, 1.807) is 0 Å². The lowest BCUT2D eigenvalue weighted by molar-refractivity contribution is 0.0764. The number of rotatable bonds is 4. The Morgan fingerprint density at radius 3 is 2.56 bits per heavy atom. The summed E-state index contributed by atoms with van der Waals surface area (Å²) in [5, 5.41) is 6.82. The third-order valence-corrected chi connectivity index (χ3v) is 3.83. The standard InChI is InChI=1S/C12H26N4S2/c1-11(2)4-8(16-10(14)18)5-12(3,6-11)7-15-9(13)17/h8-9,15,17H,4-7,13H2,1-3H3,(H3,14,16,18). The topological polar surface area (TPSA) is 76.1 Å². The van der Waals surface area contributed by atoms with Gasteiger partial charge in [0.1, 0.15) is 5.50 Å². The van der Waals surface area contributed by atoms with E-state index in [1.165, 1.54) is 0 Å². The van der Waals surface area contributed by atoms with Crippen LogP contribution in [0.2, 0.25) is 0 Å². The first kappa shape index (κ1) is 16.0. The van der Waals surface area contributed by atoms with Crippen LogP contribution in [0.15, 0.2) is 0 Å². The molecule has 0 amide bonds. The fraction of sp³-hybridized carbons (Fsp3) is 0.917. The minimum atomic E-state index is -0.270. The Bertz CT molecular complexity index is 306. The lowest BCUT2D eigenvalue weighted by Crippen LogP contribution is -2.52. The molecule has 6 N–H and O–H groups in total. The van der Waals surface area contributed by atoms with Crippen molar-refractivity contribution in [2.45, 2.75) is 51.6 Å². The van der Waals surface area contributed by atoms with Crippen molar-refractivity contribution in [2.75, 3.05) is 6.54 Å². The molecule has 0 bridgehead atoms. The van der Waals surface area contributed by atoms with Crippen molar-refractivity contribution in [1.82, 2.24) is 10.6 Å². The van der Waals surface area contributed by atoms with Gasteiger partial charge >= 0.3 is 0 Å². The van der Waals surface area contributed by atoms with E-state index in [2.05, 4.69) is 44.0 Å². The quantitative estimate of drug-likeness (QED) is 0.305. The van der Waals surface area contributed by atoms with Crippen LogP contribution in [0.3, 0.4) is 0 Å². The predicted octanol–water partition coefficient (Wildman–Crippen LogP) is 1.17. The van der Waals surface area contributed by atoms with Gasteiger partial charge in [-0.25, -0.2) is 0 Å². The molecule has 6 heteroatoms. The Labute approximate surface area is 121 Å². The van der Waals surface area contributed by atoms with Crippen LogP contribution < -0.4 is 22.1 Å². The summed E-state index contributed by atoms with van der Waals surface area (Å²) in [6.45, 7) is 7.72. The molecule has 0 aliphatic heterocycles. The average Bonchev–Trinajstić information content (AvgIpc) is 2.10. The summed E-state index contributed by atoms with van der Waals surface area (Å²) in [4.78, 5) is 0. The molecular formula is C12H26N4S2. The van der Waals surface area contributed by atoms with E-state index in [-0.39, 0.29) is 16.3 Å². The van der Waals surface area contributed by atoms with E-state index in [0.29, 0.717) is 11.2 Å². The van der Waals surface area contributed by atoms with Gasteiger partial charge in [0, 0.05) is 12.6 Å². The Morgan fingerprint density at radius 2 is 2.06 bits per heavy atom. The minimum Gasteiger partial charge on any atom is -0.376 e. The molecule has 0 spiro atoms. The molecule has 1 aliphatic rings. The molecule has 1 rings (SSSR count). The molecule has 1 aliphatic carbocycles. The highest BCUT2D eigenvalue weighted by Crippen LogP contribution is 2.45. The van der Waals surface area contributed by atoms with Gasteiger partial charge in [-0.2, -0.15) is 0 Å². The molecule has 0 heterocycles. The Balaban J connectivity index is 2.69. The molecule has 1 saturated carbocycles. The molecule has 18 heavy (non-hydrogen) atoms. The van der Waals surface area contributed by atoms with Gasteiger partial charge in [-0.05, 0) is 42.3 Å². The molecule has 3 unspecified atom stereocenters. The molecule has 0 aromatic rings. The van der Waals surface area contributed by atoms with Crippen LogP contribution in [0.25, 0.3) is 0 Å². The van der Waals surface area contributed by atoms with Crippen LogP contribution in [0, 0.1) is 10.8 Å². The number of hydrogen-bond donors (Lipinski definition) is 5. The van der Waals surface area contributed by atoms with Gasteiger partial charge in [0.2, 0.25) is 0 Å². The van der Waals surface area contributed by atoms with Crippen molar-refractivity contribution in [3.63, 3.8) is 0 Å². The van der Waals surface area contributed by atoms with Gasteiger partial charge in [0.05, 0.1) is 0 Å². The summed E-state index contributed by atoms with van der Waals surface area (Å²) in [7, 11) is 0. The predicted molar refractivity (Wildman–Crippen MR) is 84.4 cm³/mol. The van der Waals surface area contributed by atoms with Crippen LogP contribution in [0.5, 0.6) is 0 Å². The molecule has 0 radical (unpaired) electrons. The van der Waals surface area contributed by atoms with Crippen molar-refractivity contribution < 1.29 is 0 Å². The van der Waals surface area contributed by atoms with Crippen molar-refractivity contribution in [3.05, 3.63) is 0 Å². The Hall–Kier alpha value is -0.0400. The largest absolute Gasteiger partial charge is 0.376 e. The maximum Gasteiger partial charge on any atom is 0.163 e. The van der Waals surface area contributed by atoms with E-state index < -0.39 is 0 Å². The highest BCUT2D eigenvalue weighted by Gasteiger charge is 2.41. The summed E-state index contributed by atoms with van der Waals surface area (Å²) < 4.78 is 0. The van der Waals surface area contributed by atoms with Crippen LogP contribution in [0.4, 0.5) is 0 Å². The molecule has 0 aromatic heterocycles. The zero-order valence-electron chi connectivity index (χ0n) is 11.5. The zero-order valence-corrected chi connectivity index (χ0v) is 13.2. The SMILES string of the molecule is CC1(C)CC(NC(N)=S)CC(C)(CNC(N)S)C1. The Kier molecular flexibility index (Phi) is 5.29. The van der Waals surface area contributed by atoms with Gasteiger partial charge in [0.15, 0.2) is 5.11 Å². The van der Waals surface area contributed by atoms with Gasteiger partial charge in [-0.15, -0.1) is 12.6 Å². The van der Waals surface area contributed by atoms with Crippen LogP contribution in [0.1, 0.15) is 40.0 Å². The highest BCUT2D eigenvalue weighted by atomic mass is 32.1. The van der Waals surface area contributed by atoms with E-state index >= 15 is 0 Å². The second-order valence-corrected chi connectivity index (χ2v) is 7.59. The monoisotopic (exact) mass is 290 g/mol. The van der Waals surface area contributed by atoms with Crippen molar-refractivity contribution in [2.24, 2.45) is 22.3 Å². The summed E-state index contributed by atoms with van der Waals surface area (Å²) >= 11 is 9.12. The summed E-state index contributed by atoms with van der Waals surface area (Å²) in [5.41, 5.74) is 11.4. The van der Waals surface area contributed by atoms with Crippen molar-refractivity contribution in [1.29, 1.82) is 0 Å². The van der Waals surface area contributed by atoms with Gasteiger partial charge in [0.25, 0.3) is 0 Å². The number of hydrogen-bond acceptors (Lipinski definition) is 4. The minimum absolute atomic E-state index is 0.185. The fourth-order valence-electron chi connectivity index (χ4n) is 3.42. The van der Waals surface area contributed by atoms with Gasteiger partial charge < -0.3 is 16.8 Å². The lowest BCUT2D eigenvalue weighted by atomic mass is 9.62. The Morgan fingerprint density at radius 1 is 1.44 bits per heavy atom. The van der Waals surface area contributed by atoms with Crippen molar-refractivity contribution in [3.8, 4) is 0 Å². The van der Waals surface area contributed by atoms with E-state index in [9.17, 15) is 0 Å². The molecule has 4 nitrogen and oxygen atoms in total. The first-order chi connectivity index (χ1) is 8.12. The van der Waals surface area contributed by atoms with E-state index in [0.717, 1.165) is 25.8 Å². The molecule has 106 valence electrons. The zero-order chi connectivity index (χ0) is 14.0. The third kappa shape index (κ3) is 5.30. The van der Waals surface area contributed by atoms with Crippen molar-refractivity contribution >= 4 is 30.0 Å². The first-order valence-corrected chi connectivity index (χ1v) is 7.27. The van der Waals surface area contributed by atoms with E-state index in [4.69, 9.17) is 23.7 Å². The first-order valence-electron chi connectivity index (χ1n) is 6.35. The van der Waals surface area contributed by atoms with Gasteiger partial charge in [-0.3, -0.25) is 5.32 Å². The molecule has 1 fully saturated rings. The maximum atomic E-state index is 5.65. The van der Waals surface area contributed by atoms with Gasteiger partial charge in [-0.1, -0.05) is 20.8 Å². The molecule has 3 atom stereocenters. The molecular weight excluding hydrogens is 264 g/mol. The summed E-state index contributed by atoms with van der Waals surface area (Å²) in [5.74, 6) is 0. The number of nitrogens with two attached hydrogens (primary N) is 2. The fourth-order valence-corrected chi connectivity index (χ4v) is 3.68. The lowest BCUT2D eigenvalue weighted by Gasteiger charge is -2.47. The third-order valence-electron chi connectivity index (χ3n) is 3.53. The summed E-state index contributed by atoms with van der Waals surface area (Å²) in [6, 6.07) is 0.342. The number of nitrogens with one attached hydrogen (secondary N) is 2. The van der Waals surface area contributed by atoms with Crippen LogP contribution in [-0.4, -0.2) is 23.2 Å². The second kappa shape index (κ2) is 5.94. The van der Waals surface area contributed by atoms with E-state index in [1.807, 2.05) is 0 Å². The molecule has 0 aromatic carbocycles. The average molecular weight is 291 g/mol. The number of thiol groups is 1. The summed E-state index contributed by atoms with van der Waals surface area (Å²) in [6.07, 6.45) is 3.29. The maximum absolute atomic E-state index is 5.65. The normalized spacial score (nSPS) is 32.8.